The molecule has 0 unspecified atom stereocenters. The quantitative estimate of drug-likeness (QED) is 0.421. The highest BCUT2D eigenvalue weighted by Gasteiger charge is 2.21. The highest BCUT2D eigenvalue weighted by atomic mass is 19.1. The number of benzene rings is 1. The Labute approximate surface area is 221 Å². The number of rotatable bonds is 8. The summed E-state index contributed by atoms with van der Waals surface area (Å²) in [6.45, 7) is 7.36. The number of methoxy groups -OCH3 is 1. The van der Waals surface area contributed by atoms with Crippen LogP contribution in [-0.2, 0) is 0 Å². The number of aromatic amines is 1. The molecule has 0 bridgehead atoms. The molecule has 3 N–H and O–H groups in total. The summed E-state index contributed by atoms with van der Waals surface area (Å²) in [6.07, 6.45) is 4.51. The number of pyridine rings is 1. The fraction of sp³-hybridized carbons (Fsp3) is 0.429. The molecule has 2 aliphatic rings. The molecule has 2 aliphatic heterocycles. The summed E-state index contributed by atoms with van der Waals surface area (Å²) in [5.74, 6) is 0.277. The van der Waals surface area contributed by atoms with Crippen molar-refractivity contribution in [2.45, 2.75) is 6.42 Å². The second-order valence-electron chi connectivity index (χ2n) is 9.71. The van der Waals surface area contributed by atoms with Crippen LogP contribution in [0, 0.1) is 5.82 Å². The third-order valence-corrected chi connectivity index (χ3v) is 7.41. The van der Waals surface area contributed by atoms with E-state index in [4.69, 9.17) is 9.84 Å². The topological polar surface area (TPSA) is 97.0 Å². The van der Waals surface area contributed by atoms with Crippen molar-refractivity contribution in [3.63, 3.8) is 0 Å². The number of aliphatic hydroxyl groups excluding tert-OH is 1. The first-order valence-electron chi connectivity index (χ1n) is 13.1. The standard InChI is InChI=1S/C28H35FN6O3/c1-38-26-3-2-21(29)18-23(26)22-4-7-30-27-24(22)19-25(32-27)20-5-9-35(10-6-20)28(37)31-8-11-33-12-14-34(15-13-33)16-17-36/h2-5,7,18-19,36H,6,8-17H2,1H3,(H,30,32)(H,31,37). The molecule has 3 aromatic rings. The van der Waals surface area contributed by atoms with Crippen molar-refractivity contribution >= 4 is 22.6 Å². The van der Waals surface area contributed by atoms with E-state index in [1.807, 2.05) is 17.0 Å². The fourth-order valence-electron chi connectivity index (χ4n) is 5.23. The van der Waals surface area contributed by atoms with E-state index in [9.17, 15) is 9.18 Å². The zero-order chi connectivity index (χ0) is 26.5. The molecule has 10 heteroatoms. The molecule has 1 saturated heterocycles. The van der Waals surface area contributed by atoms with Gasteiger partial charge in [0.25, 0.3) is 0 Å². The molecule has 202 valence electrons. The van der Waals surface area contributed by atoms with Crippen molar-refractivity contribution in [3.05, 3.63) is 54.1 Å². The number of fused-ring (bicyclic) bond motifs is 1. The van der Waals surface area contributed by atoms with Crippen LogP contribution in [0.2, 0.25) is 0 Å². The number of aromatic nitrogens is 2. The summed E-state index contributed by atoms with van der Waals surface area (Å²) in [7, 11) is 1.58. The van der Waals surface area contributed by atoms with Crippen LogP contribution in [0.25, 0.3) is 27.7 Å². The molecule has 0 aliphatic carbocycles. The van der Waals surface area contributed by atoms with Crippen LogP contribution < -0.4 is 10.1 Å². The number of H-pyrrole nitrogens is 1. The van der Waals surface area contributed by atoms with Gasteiger partial charge in [0.05, 0.1) is 13.7 Å². The number of carbonyl (C=O) groups excluding carboxylic acids is 1. The minimum absolute atomic E-state index is 0.0435. The summed E-state index contributed by atoms with van der Waals surface area (Å²) < 4.78 is 19.5. The summed E-state index contributed by atoms with van der Waals surface area (Å²) in [5.41, 5.74) is 4.33. The number of carbonyl (C=O) groups is 1. The third kappa shape index (κ3) is 5.82. The molecule has 0 atom stereocenters. The molecule has 0 saturated carbocycles. The number of hydrogen-bond acceptors (Lipinski definition) is 6. The SMILES string of the molecule is COc1ccc(F)cc1-c1ccnc2[nH]c(C3=CCN(C(=O)NCCN4CCN(CCO)CC4)CC3)cc12. The van der Waals surface area contributed by atoms with Crippen LogP contribution in [0.1, 0.15) is 12.1 Å². The van der Waals surface area contributed by atoms with Crippen molar-refractivity contribution in [3.8, 4) is 16.9 Å². The van der Waals surface area contributed by atoms with Gasteiger partial charge in [0.2, 0.25) is 0 Å². The first-order valence-corrected chi connectivity index (χ1v) is 13.1. The van der Waals surface area contributed by atoms with E-state index in [2.05, 4.69) is 31.2 Å². The van der Waals surface area contributed by atoms with Gasteiger partial charge in [-0.3, -0.25) is 9.80 Å². The van der Waals surface area contributed by atoms with Crippen molar-refractivity contribution in [2.24, 2.45) is 0 Å². The monoisotopic (exact) mass is 522 g/mol. The smallest absolute Gasteiger partial charge is 0.317 e. The van der Waals surface area contributed by atoms with Crippen LogP contribution in [0.5, 0.6) is 5.75 Å². The first-order chi connectivity index (χ1) is 18.6. The van der Waals surface area contributed by atoms with Crippen LogP contribution in [0.3, 0.4) is 0 Å². The Morgan fingerprint density at radius 2 is 1.89 bits per heavy atom. The number of β-amino-alcohol motifs (C(OH)–C–C–N with tert-alkyl or cyclic N) is 1. The van der Waals surface area contributed by atoms with Gasteiger partial charge in [-0.05, 0) is 47.9 Å². The molecule has 2 aromatic heterocycles. The molecule has 0 radical (unpaired) electrons. The number of amides is 2. The second kappa shape index (κ2) is 11.9. The van der Waals surface area contributed by atoms with Gasteiger partial charge in [0.15, 0.2) is 0 Å². The fourth-order valence-corrected chi connectivity index (χ4v) is 5.23. The lowest BCUT2D eigenvalue weighted by molar-refractivity contribution is 0.113. The van der Waals surface area contributed by atoms with Gasteiger partial charge in [-0.1, -0.05) is 6.08 Å². The second-order valence-corrected chi connectivity index (χ2v) is 9.71. The van der Waals surface area contributed by atoms with Crippen molar-refractivity contribution in [2.75, 3.05) is 72.6 Å². The Morgan fingerprint density at radius 3 is 2.61 bits per heavy atom. The summed E-state index contributed by atoms with van der Waals surface area (Å²) >= 11 is 0. The van der Waals surface area contributed by atoms with Crippen molar-refractivity contribution in [1.29, 1.82) is 0 Å². The van der Waals surface area contributed by atoms with E-state index in [0.29, 0.717) is 30.9 Å². The molecular formula is C28H35FN6O3. The molecule has 38 heavy (non-hydrogen) atoms. The van der Waals surface area contributed by atoms with Crippen LogP contribution >= 0.6 is 0 Å². The minimum Gasteiger partial charge on any atom is -0.496 e. The normalized spacial score (nSPS) is 17.0. The van der Waals surface area contributed by atoms with E-state index >= 15 is 0 Å². The third-order valence-electron chi connectivity index (χ3n) is 7.41. The van der Waals surface area contributed by atoms with E-state index in [1.54, 1.807) is 19.4 Å². The largest absolute Gasteiger partial charge is 0.496 e. The lowest BCUT2D eigenvalue weighted by atomic mass is 10.0. The minimum atomic E-state index is -0.324. The molecule has 2 amide bonds. The van der Waals surface area contributed by atoms with Crippen LogP contribution in [0.4, 0.5) is 9.18 Å². The molecule has 9 nitrogen and oxygen atoms in total. The van der Waals surface area contributed by atoms with Gasteiger partial charge in [0, 0.05) is 81.7 Å². The number of aliphatic hydroxyl groups is 1. The Morgan fingerprint density at radius 1 is 1.11 bits per heavy atom. The van der Waals surface area contributed by atoms with Gasteiger partial charge in [-0.15, -0.1) is 0 Å². The van der Waals surface area contributed by atoms with Gasteiger partial charge in [-0.25, -0.2) is 14.2 Å². The maximum atomic E-state index is 14.0. The van der Waals surface area contributed by atoms with Gasteiger partial charge < -0.3 is 25.0 Å². The number of nitrogens with one attached hydrogen (secondary N) is 2. The van der Waals surface area contributed by atoms with E-state index in [0.717, 1.165) is 73.6 Å². The summed E-state index contributed by atoms with van der Waals surface area (Å²) in [6, 6.07) is 8.37. The van der Waals surface area contributed by atoms with E-state index < -0.39 is 0 Å². The zero-order valence-electron chi connectivity index (χ0n) is 21.8. The number of urea groups is 1. The van der Waals surface area contributed by atoms with Gasteiger partial charge in [0.1, 0.15) is 17.2 Å². The Balaban J connectivity index is 1.19. The highest BCUT2D eigenvalue weighted by Crippen LogP contribution is 2.36. The molecule has 4 heterocycles. The average molecular weight is 523 g/mol. The predicted molar refractivity (Wildman–Crippen MR) is 146 cm³/mol. The lowest BCUT2D eigenvalue weighted by Gasteiger charge is -2.34. The molecule has 1 aromatic carbocycles. The number of nitrogens with zero attached hydrogens (tertiary/aromatic N) is 4. The number of ether oxygens (including phenoxy) is 1. The zero-order valence-corrected chi connectivity index (χ0v) is 21.8. The Kier molecular flexibility index (Phi) is 8.21. The maximum absolute atomic E-state index is 14.0. The predicted octanol–water partition coefficient (Wildman–Crippen LogP) is 2.79. The van der Waals surface area contributed by atoms with Crippen LogP contribution in [-0.4, -0.2) is 108 Å². The van der Waals surface area contributed by atoms with E-state index in [1.165, 1.54) is 12.1 Å². The molecule has 0 spiro atoms. The lowest BCUT2D eigenvalue weighted by Crippen LogP contribution is -2.50. The number of hydrogen-bond donors (Lipinski definition) is 3. The first kappa shape index (κ1) is 26.1. The molecule has 5 rings (SSSR count). The average Bonchev–Trinajstić information content (AvgIpc) is 3.39. The van der Waals surface area contributed by atoms with E-state index in [-0.39, 0.29) is 18.5 Å². The van der Waals surface area contributed by atoms with Crippen molar-refractivity contribution < 1.29 is 19.0 Å². The number of halogens is 1. The number of piperazine rings is 1. The highest BCUT2D eigenvalue weighted by molar-refractivity contribution is 5.96. The van der Waals surface area contributed by atoms with Crippen LogP contribution in [0.15, 0.2) is 42.6 Å². The Bertz CT molecular complexity index is 1300. The van der Waals surface area contributed by atoms with Crippen molar-refractivity contribution in [1.82, 2.24) is 30.0 Å². The van der Waals surface area contributed by atoms with Gasteiger partial charge >= 0.3 is 6.03 Å². The Hall–Kier alpha value is -3.47. The summed E-state index contributed by atoms with van der Waals surface area (Å²) in [5, 5.41) is 13.0. The summed E-state index contributed by atoms with van der Waals surface area (Å²) in [4.78, 5) is 27.0. The maximum Gasteiger partial charge on any atom is 0.317 e. The van der Waals surface area contributed by atoms with Gasteiger partial charge in [-0.2, -0.15) is 0 Å². The molecular weight excluding hydrogens is 487 g/mol. The molecule has 1 fully saturated rings.